The number of hydrogen-bond acceptors (Lipinski definition) is 3. The first-order valence-electron chi connectivity index (χ1n) is 8.59. The highest BCUT2D eigenvalue weighted by Crippen LogP contribution is 2.39. The fourth-order valence-electron chi connectivity index (χ4n) is 3.06. The zero-order valence-electron chi connectivity index (χ0n) is 15.5. The van der Waals surface area contributed by atoms with E-state index in [-0.39, 0.29) is 25.9 Å². The van der Waals surface area contributed by atoms with Gasteiger partial charge in [0.15, 0.2) is 5.78 Å². The minimum atomic E-state index is -2.67. The molecule has 3 aromatic rings. The van der Waals surface area contributed by atoms with Gasteiger partial charge in [-0.05, 0) is 31.0 Å². The topological polar surface area (TPSA) is 51.2 Å². The lowest BCUT2D eigenvalue weighted by Gasteiger charge is -2.08. The Hall–Kier alpha value is -2.03. The third-order valence-corrected chi connectivity index (χ3v) is 7.19. The van der Waals surface area contributed by atoms with Crippen molar-refractivity contribution in [3.8, 4) is 0 Å². The van der Waals surface area contributed by atoms with Crippen LogP contribution in [0.3, 0.4) is 0 Å². The maximum absolute atomic E-state index is 13.2. The van der Waals surface area contributed by atoms with Crippen molar-refractivity contribution in [3.63, 3.8) is 0 Å². The molecule has 7 heteroatoms. The molecule has 0 spiro atoms. The normalized spacial score (nSPS) is 11.3. The minimum Gasteiger partial charge on any atom is -0.288 e. The van der Waals surface area contributed by atoms with Crippen LogP contribution < -0.4 is 5.30 Å². The van der Waals surface area contributed by atoms with E-state index in [0.717, 1.165) is 0 Å². The number of ketones is 1. The molecule has 1 unspecified atom stereocenters. The molecule has 29 heavy (non-hydrogen) atoms. The summed E-state index contributed by atoms with van der Waals surface area (Å²) in [5.41, 5.74) is 1.48. The summed E-state index contributed by atoms with van der Waals surface area (Å²) in [5, 5.41) is -0.248. The molecule has 3 rings (SSSR count). The molecule has 146 valence electrons. The van der Waals surface area contributed by atoms with Crippen LogP contribution >= 0.6 is 42.6 Å². The molecule has 3 nitrogen and oxygen atoms in total. The molecule has 0 radical (unpaired) electrons. The maximum atomic E-state index is 13.2. The predicted molar refractivity (Wildman–Crippen MR) is 119 cm³/mol. The Kier molecular flexibility index (Phi) is 6.55. The molecule has 0 aromatic heterocycles. The average molecular weight is 465 g/mol. The second kappa shape index (κ2) is 8.77. The standard InChI is InChI=1S/C22H15Cl3O3P/c1-12-7-6-8-13(2)17(12)22(27)29(28)21-16(24)11-15(23)18(19(21)25)20(26)14-9-4-3-5-10-14/h3-11H,1-2H3/q+1. The van der Waals surface area contributed by atoms with Crippen LogP contribution in [0.15, 0.2) is 54.6 Å². The fourth-order valence-corrected chi connectivity index (χ4v) is 5.77. The van der Waals surface area contributed by atoms with Gasteiger partial charge in [0, 0.05) is 5.56 Å². The van der Waals surface area contributed by atoms with E-state index in [1.807, 2.05) is 6.07 Å². The van der Waals surface area contributed by atoms with Gasteiger partial charge in [-0.1, -0.05) is 87.9 Å². The fraction of sp³-hybridized carbons (Fsp3) is 0.0909. The highest BCUT2D eigenvalue weighted by molar-refractivity contribution is 7.72. The van der Waals surface area contributed by atoms with Crippen molar-refractivity contribution >= 4 is 59.2 Å². The third kappa shape index (κ3) is 4.15. The van der Waals surface area contributed by atoms with Crippen molar-refractivity contribution in [2.75, 3.05) is 0 Å². The summed E-state index contributed by atoms with van der Waals surface area (Å²) >= 11 is 18.9. The van der Waals surface area contributed by atoms with E-state index >= 15 is 0 Å². The molecule has 0 saturated carbocycles. The number of halogens is 3. The average Bonchev–Trinajstić information content (AvgIpc) is 2.67. The number of carbonyl (C=O) groups is 2. The van der Waals surface area contributed by atoms with Crippen LogP contribution in [0.4, 0.5) is 0 Å². The maximum Gasteiger partial charge on any atom is 0.461 e. The van der Waals surface area contributed by atoms with Crippen LogP contribution in [0.5, 0.6) is 0 Å². The first kappa shape index (κ1) is 21.7. The lowest BCUT2D eigenvalue weighted by molar-refractivity contribution is 0.103. The zero-order chi connectivity index (χ0) is 21.3. The second-order valence-electron chi connectivity index (χ2n) is 6.44. The van der Waals surface area contributed by atoms with E-state index in [0.29, 0.717) is 22.3 Å². The first-order chi connectivity index (χ1) is 13.7. The molecule has 3 aromatic carbocycles. The molecule has 0 bridgehead atoms. The van der Waals surface area contributed by atoms with Crippen LogP contribution in [0.1, 0.15) is 37.4 Å². The minimum absolute atomic E-state index is 0.0229. The second-order valence-corrected chi connectivity index (χ2v) is 9.07. The van der Waals surface area contributed by atoms with Crippen molar-refractivity contribution in [2.24, 2.45) is 0 Å². The quantitative estimate of drug-likeness (QED) is 0.309. The van der Waals surface area contributed by atoms with Gasteiger partial charge in [-0.25, -0.2) is 4.79 Å². The van der Waals surface area contributed by atoms with Crippen molar-refractivity contribution < 1.29 is 14.2 Å². The summed E-state index contributed by atoms with van der Waals surface area (Å²) in [6.45, 7) is 3.53. The van der Waals surface area contributed by atoms with E-state index in [1.165, 1.54) is 6.07 Å². The predicted octanol–water partition coefficient (Wildman–Crippen LogP) is 6.79. The summed E-state index contributed by atoms with van der Waals surface area (Å²) in [5.74, 6) is -0.443. The highest BCUT2D eigenvalue weighted by atomic mass is 35.5. The van der Waals surface area contributed by atoms with Crippen molar-refractivity contribution in [3.05, 3.63) is 97.5 Å². The first-order valence-corrected chi connectivity index (χ1v) is 11.0. The van der Waals surface area contributed by atoms with Gasteiger partial charge in [-0.3, -0.25) is 4.79 Å². The molecule has 0 saturated heterocycles. The van der Waals surface area contributed by atoms with E-state index < -0.39 is 19.1 Å². The van der Waals surface area contributed by atoms with Crippen LogP contribution in [0.25, 0.3) is 0 Å². The smallest absolute Gasteiger partial charge is 0.288 e. The number of hydrogen-bond donors (Lipinski definition) is 0. The summed E-state index contributed by atoms with van der Waals surface area (Å²) < 4.78 is 13.2. The molecule has 0 amide bonds. The molecule has 1 atom stereocenters. The molecule has 0 aliphatic heterocycles. The van der Waals surface area contributed by atoms with Crippen LogP contribution in [0, 0.1) is 13.8 Å². The van der Waals surface area contributed by atoms with Gasteiger partial charge < -0.3 is 0 Å². The Morgan fingerprint density at radius 3 is 1.97 bits per heavy atom. The van der Waals surface area contributed by atoms with E-state index in [9.17, 15) is 14.2 Å². The Labute approximate surface area is 184 Å². The third-order valence-electron chi connectivity index (χ3n) is 4.49. The Bertz CT molecular complexity index is 1140. The molecule has 0 heterocycles. The molecule has 0 N–H and O–H groups in total. The SMILES string of the molecule is Cc1cccc(C)c1C(=O)[P+](=O)c1c(Cl)cc(Cl)c(C(=O)c2ccccc2)c1Cl. The molecule has 0 aliphatic rings. The molecular formula is C22H15Cl3O3P+. The Morgan fingerprint density at radius 1 is 0.793 bits per heavy atom. The Morgan fingerprint density at radius 2 is 1.38 bits per heavy atom. The largest absolute Gasteiger partial charge is 0.461 e. The van der Waals surface area contributed by atoms with E-state index in [1.54, 1.807) is 56.3 Å². The van der Waals surface area contributed by atoms with Crippen molar-refractivity contribution in [1.82, 2.24) is 0 Å². The highest BCUT2D eigenvalue weighted by Gasteiger charge is 2.41. The van der Waals surface area contributed by atoms with Gasteiger partial charge in [-0.2, -0.15) is 0 Å². The van der Waals surface area contributed by atoms with Gasteiger partial charge in [0.1, 0.15) is 5.02 Å². The van der Waals surface area contributed by atoms with Crippen LogP contribution in [0.2, 0.25) is 15.1 Å². The monoisotopic (exact) mass is 463 g/mol. The van der Waals surface area contributed by atoms with E-state index in [2.05, 4.69) is 0 Å². The van der Waals surface area contributed by atoms with Crippen molar-refractivity contribution in [2.45, 2.75) is 13.8 Å². The number of benzene rings is 3. The molecular weight excluding hydrogens is 450 g/mol. The number of aryl methyl sites for hydroxylation is 2. The lowest BCUT2D eigenvalue weighted by atomic mass is 10.0. The summed E-state index contributed by atoms with van der Waals surface area (Å²) in [7, 11) is -2.67. The van der Waals surface area contributed by atoms with Gasteiger partial charge >= 0.3 is 13.3 Å². The van der Waals surface area contributed by atoms with Gasteiger partial charge in [-0.15, -0.1) is 0 Å². The summed E-state index contributed by atoms with van der Waals surface area (Å²) in [6.07, 6.45) is 0. The molecule has 0 aliphatic carbocycles. The van der Waals surface area contributed by atoms with Gasteiger partial charge in [0.25, 0.3) is 0 Å². The van der Waals surface area contributed by atoms with E-state index in [4.69, 9.17) is 34.8 Å². The zero-order valence-corrected chi connectivity index (χ0v) is 18.7. The van der Waals surface area contributed by atoms with Crippen molar-refractivity contribution in [1.29, 1.82) is 0 Å². The summed E-state index contributed by atoms with van der Waals surface area (Å²) in [6, 6.07) is 15.0. The summed E-state index contributed by atoms with van der Waals surface area (Å²) in [4.78, 5) is 25.9. The number of carbonyl (C=O) groups excluding carboxylic acids is 2. The van der Waals surface area contributed by atoms with Gasteiger partial charge in [0.05, 0.1) is 21.2 Å². The van der Waals surface area contributed by atoms with Crippen LogP contribution in [-0.4, -0.2) is 11.3 Å². The lowest BCUT2D eigenvalue weighted by Crippen LogP contribution is -2.14. The van der Waals surface area contributed by atoms with Crippen LogP contribution in [-0.2, 0) is 4.57 Å². The number of rotatable bonds is 5. The molecule has 0 fully saturated rings. The Balaban J connectivity index is 2.14. The van der Waals surface area contributed by atoms with Gasteiger partial charge in [0.2, 0.25) is 5.30 Å².